The summed E-state index contributed by atoms with van der Waals surface area (Å²) in [5.74, 6) is 0.640. The van der Waals surface area contributed by atoms with Gasteiger partial charge in [0.1, 0.15) is 11.4 Å². The molecule has 0 radical (unpaired) electrons. The molecule has 10 heteroatoms. The quantitative estimate of drug-likeness (QED) is 0.389. The van der Waals surface area contributed by atoms with Gasteiger partial charge in [0.25, 0.3) is 5.91 Å². The van der Waals surface area contributed by atoms with E-state index in [1.807, 2.05) is 0 Å². The van der Waals surface area contributed by atoms with E-state index < -0.39 is 0 Å². The maximum absolute atomic E-state index is 12.7. The highest BCUT2D eigenvalue weighted by atomic mass is 35.5. The smallest absolute Gasteiger partial charge is 0.275 e. The topological polar surface area (TPSA) is 74.0 Å². The van der Waals surface area contributed by atoms with E-state index in [1.54, 1.807) is 65.5 Å². The standard InChI is InChI=1S/C21H16Cl3N5O2/c22-14-4-6-15(7-5-14)31-13-29-19(8-10-25-29)21(30)26-20-9-11-28(27-20)12-16-17(23)2-1-3-18(16)24/h1-11H,12-13H2,(H,26,27,30). The molecule has 7 nitrogen and oxygen atoms in total. The number of amides is 1. The molecule has 0 bridgehead atoms. The van der Waals surface area contributed by atoms with Gasteiger partial charge in [0.2, 0.25) is 0 Å². The number of ether oxygens (including phenoxy) is 1. The van der Waals surface area contributed by atoms with Crippen molar-refractivity contribution < 1.29 is 9.53 Å². The minimum Gasteiger partial charge on any atom is -0.471 e. The first-order valence-corrected chi connectivity index (χ1v) is 10.3. The summed E-state index contributed by atoms with van der Waals surface area (Å²) in [5.41, 5.74) is 1.09. The minimum atomic E-state index is -0.363. The largest absolute Gasteiger partial charge is 0.471 e. The number of anilines is 1. The molecule has 0 spiro atoms. The van der Waals surface area contributed by atoms with Crippen LogP contribution in [-0.4, -0.2) is 25.5 Å². The van der Waals surface area contributed by atoms with Crippen LogP contribution in [0.5, 0.6) is 5.75 Å². The number of nitrogens with one attached hydrogen (secondary N) is 1. The van der Waals surface area contributed by atoms with Crippen molar-refractivity contribution in [1.82, 2.24) is 19.6 Å². The number of rotatable bonds is 7. The molecular formula is C21H16Cl3N5O2. The molecule has 0 atom stereocenters. The third-order valence-corrected chi connectivity index (χ3v) is 5.34. The zero-order chi connectivity index (χ0) is 21.8. The fraction of sp³-hybridized carbons (Fsp3) is 0.0952. The van der Waals surface area contributed by atoms with Crippen molar-refractivity contribution in [3.05, 3.63) is 93.3 Å². The molecule has 0 saturated carbocycles. The second-order valence-corrected chi connectivity index (χ2v) is 7.75. The van der Waals surface area contributed by atoms with Crippen LogP contribution in [0.1, 0.15) is 16.1 Å². The maximum Gasteiger partial charge on any atom is 0.275 e. The Hall–Kier alpha value is -3.00. The second kappa shape index (κ2) is 9.43. The normalized spacial score (nSPS) is 10.8. The fourth-order valence-electron chi connectivity index (χ4n) is 2.84. The van der Waals surface area contributed by atoms with Crippen molar-refractivity contribution in [3.8, 4) is 5.75 Å². The van der Waals surface area contributed by atoms with E-state index in [1.165, 1.54) is 10.9 Å². The Bertz CT molecular complexity index is 1180. The number of carbonyl (C=O) groups excluding carboxylic acids is 1. The van der Waals surface area contributed by atoms with Crippen molar-refractivity contribution >= 4 is 46.5 Å². The summed E-state index contributed by atoms with van der Waals surface area (Å²) in [6.45, 7) is 0.443. The highest BCUT2D eigenvalue weighted by molar-refractivity contribution is 6.36. The molecule has 31 heavy (non-hydrogen) atoms. The molecule has 2 aromatic heterocycles. The summed E-state index contributed by atoms with van der Waals surface area (Å²) in [7, 11) is 0. The van der Waals surface area contributed by atoms with Gasteiger partial charge in [0.05, 0.1) is 6.54 Å². The molecule has 0 unspecified atom stereocenters. The van der Waals surface area contributed by atoms with Gasteiger partial charge in [-0.3, -0.25) is 9.48 Å². The molecule has 4 rings (SSSR count). The van der Waals surface area contributed by atoms with Gasteiger partial charge in [-0.2, -0.15) is 10.2 Å². The Balaban J connectivity index is 1.40. The average Bonchev–Trinajstić information content (AvgIpc) is 3.40. The summed E-state index contributed by atoms with van der Waals surface area (Å²) in [4.78, 5) is 12.7. The Morgan fingerprint density at radius 2 is 1.74 bits per heavy atom. The van der Waals surface area contributed by atoms with Gasteiger partial charge < -0.3 is 10.1 Å². The van der Waals surface area contributed by atoms with Gasteiger partial charge in [-0.25, -0.2) is 4.68 Å². The van der Waals surface area contributed by atoms with E-state index in [4.69, 9.17) is 39.5 Å². The molecule has 0 fully saturated rings. The summed E-state index contributed by atoms with van der Waals surface area (Å²) in [6.07, 6.45) is 3.26. The Morgan fingerprint density at radius 1 is 1.00 bits per heavy atom. The van der Waals surface area contributed by atoms with E-state index >= 15 is 0 Å². The van der Waals surface area contributed by atoms with Gasteiger partial charge in [-0.15, -0.1) is 0 Å². The van der Waals surface area contributed by atoms with Gasteiger partial charge in [0.15, 0.2) is 12.5 Å². The summed E-state index contributed by atoms with van der Waals surface area (Å²) < 4.78 is 8.75. The van der Waals surface area contributed by atoms with Gasteiger partial charge in [-0.05, 0) is 42.5 Å². The van der Waals surface area contributed by atoms with Crippen molar-refractivity contribution in [1.29, 1.82) is 0 Å². The van der Waals surface area contributed by atoms with Crippen LogP contribution >= 0.6 is 34.8 Å². The van der Waals surface area contributed by atoms with E-state index in [0.29, 0.717) is 38.9 Å². The predicted molar refractivity (Wildman–Crippen MR) is 120 cm³/mol. The number of carbonyl (C=O) groups is 1. The van der Waals surface area contributed by atoms with Crippen LogP contribution in [0, 0.1) is 0 Å². The van der Waals surface area contributed by atoms with Crippen LogP contribution in [0.4, 0.5) is 5.82 Å². The minimum absolute atomic E-state index is 0.0663. The van der Waals surface area contributed by atoms with Crippen LogP contribution in [0.15, 0.2) is 67.0 Å². The van der Waals surface area contributed by atoms with Crippen LogP contribution in [0.3, 0.4) is 0 Å². The fourth-order valence-corrected chi connectivity index (χ4v) is 3.48. The van der Waals surface area contributed by atoms with Crippen LogP contribution < -0.4 is 10.1 Å². The zero-order valence-corrected chi connectivity index (χ0v) is 18.3. The summed E-state index contributed by atoms with van der Waals surface area (Å²) in [6, 6.07) is 15.5. The Kier molecular flexibility index (Phi) is 6.46. The third kappa shape index (κ3) is 5.19. The predicted octanol–water partition coefficient (Wildman–Crippen LogP) is 5.38. The van der Waals surface area contributed by atoms with Gasteiger partial charge in [0, 0.05) is 39.1 Å². The average molecular weight is 477 g/mol. The first-order valence-electron chi connectivity index (χ1n) is 9.17. The number of hydrogen-bond acceptors (Lipinski definition) is 4. The maximum atomic E-state index is 12.7. The van der Waals surface area contributed by atoms with Gasteiger partial charge in [-0.1, -0.05) is 40.9 Å². The number of hydrogen-bond donors (Lipinski definition) is 1. The SMILES string of the molecule is O=C(Nc1ccn(Cc2c(Cl)cccc2Cl)n1)c1ccnn1COc1ccc(Cl)cc1. The molecule has 2 aromatic carbocycles. The lowest BCUT2D eigenvalue weighted by molar-refractivity contribution is 0.100. The lowest BCUT2D eigenvalue weighted by Gasteiger charge is -2.09. The molecule has 1 N–H and O–H groups in total. The number of nitrogens with zero attached hydrogens (tertiary/aromatic N) is 4. The highest BCUT2D eigenvalue weighted by Crippen LogP contribution is 2.25. The molecule has 0 aliphatic heterocycles. The lowest BCUT2D eigenvalue weighted by atomic mass is 10.2. The number of aromatic nitrogens is 4. The number of halogens is 3. The van der Waals surface area contributed by atoms with Gasteiger partial charge >= 0.3 is 0 Å². The van der Waals surface area contributed by atoms with Crippen LogP contribution in [0.25, 0.3) is 0 Å². The van der Waals surface area contributed by atoms with Crippen molar-refractivity contribution in [2.45, 2.75) is 13.3 Å². The summed E-state index contributed by atoms with van der Waals surface area (Å²) >= 11 is 18.3. The zero-order valence-electron chi connectivity index (χ0n) is 16.0. The third-order valence-electron chi connectivity index (χ3n) is 4.38. The van der Waals surface area contributed by atoms with Crippen molar-refractivity contribution in [3.63, 3.8) is 0 Å². The molecule has 0 saturated heterocycles. The Morgan fingerprint density at radius 3 is 2.48 bits per heavy atom. The van der Waals surface area contributed by atoms with E-state index in [-0.39, 0.29) is 12.6 Å². The van der Waals surface area contributed by atoms with E-state index in [9.17, 15) is 4.79 Å². The molecule has 4 aromatic rings. The van der Waals surface area contributed by atoms with E-state index in [2.05, 4.69) is 15.5 Å². The highest BCUT2D eigenvalue weighted by Gasteiger charge is 2.15. The van der Waals surface area contributed by atoms with Crippen LogP contribution in [0.2, 0.25) is 15.1 Å². The number of benzene rings is 2. The van der Waals surface area contributed by atoms with E-state index in [0.717, 1.165) is 5.56 Å². The molecule has 0 aliphatic rings. The molecule has 158 valence electrons. The lowest BCUT2D eigenvalue weighted by Crippen LogP contribution is -2.20. The molecule has 1 amide bonds. The van der Waals surface area contributed by atoms with Crippen LogP contribution in [-0.2, 0) is 13.3 Å². The first kappa shape index (κ1) is 21.2. The Labute approximate surface area is 193 Å². The monoisotopic (exact) mass is 475 g/mol. The molecule has 2 heterocycles. The first-order chi connectivity index (χ1) is 15.0. The van der Waals surface area contributed by atoms with Crippen molar-refractivity contribution in [2.75, 3.05) is 5.32 Å². The van der Waals surface area contributed by atoms with Crippen molar-refractivity contribution in [2.24, 2.45) is 0 Å². The summed E-state index contributed by atoms with van der Waals surface area (Å²) in [5, 5.41) is 13.0. The molecular weight excluding hydrogens is 461 g/mol. The second-order valence-electron chi connectivity index (χ2n) is 6.50. The molecule has 0 aliphatic carbocycles.